The standard InChI is InChI=1S/C15H22O4S/c1-3-6-12(11-15(16)17)13-7-5-8-14(10-13)20(18,19)9-4-2/h5,7-8,10,12H,3-4,6,9,11H2,1-2H3,(H,16,17). The molecule has 0 amide bonds. The van der Waals surface area contributed by atoms with Crippen molar-refractivity contribution in [1.82, 2.24) is 0 Å². The molecule has 1 N–H and O–H groups in total. The highest BCUT2D eigenvalue weighted by Gasteiger charge is 2.18. The number of benzene rings is 1. The Balaban J connectivity index is 3.09. The van der Waals surface area contributed by atoms with Crippen LogP contribution in [0.25, 0.3) is 0 Å². The van der Waals surface area contributed by atoms with E-state index in [-0.39, 0.29) is 18.1 Å². The lowest BCUT2D eigenvalue weighted by atomic mass is 9.91. The molecule has 5 heteroatoms. The summed E-state index contributed by atoms with van der Waals surface area (Å²) in [6.45, 7) is 3.82. The van der Waals surface area contributed by atoms with E-state index in [1.165, 1.54) is 0 Å². The molecule has 112 valence electrons. The number of hydrogen-bond donors (Lipinski definition) is 1. The number of aliphatic carboxylic acids is 1. The van der Waals surface area contributed by atoms with Gasteiger partial charge in [0, 0.05) is 0 Å². The maximum absolute atomic E-state index is 12.1. The molecule has 0 aliphatic heterocycles. The van der Waals surface area contributed by atoms with Gasteiger partial charge in [0.2, 0.25) is 0 Å². The van der Waals surface area contributed by atoms with E-state index in [4.69, 9.17) is 5.11 Å². The van der Waals surface area contributed by atoms with Gasteiger partial charge < -0.3 is 5.11 Å². The third-order valence-corrected chi connectivity index (χ3v) is 5.14. The third-order valence-electron chi connectivity index (χ3n) is 3.22. The van der Waals surface area contributed by atoms with Crippen LogP contribution in [0.5, 0.6) is 0 Å². The van der Waals surface area contributed by atoms with Crippen LogP contribution in [0.1, 0.15) is 51.0 Å². The lowest BCUT2D eigenvalue weighted by Gasteiger charge is -2.15. The minimum Gasteiger partial charge on any atom is -0.481 e. The summed E-state index contributed by atoms with van der Waals surface area (Å²) >= 11 is 0. The summed E-state index contributed by atoms with van der Waals surface area (Å²) in [5, 5.41) is 8.97. The Bertz CT molecular complexity index is 549. The van der Waals surface area contributed by atoms with Crippen molar-refractivity contribution in [2.45, 2.75) is 50.3 Å². The van der Waals surface area contributed by atoms with Crippen molar-refractivity contribution in [2.24, 2.45) is 0 Å². The molecule has 0 saturated heterocycles. The lowest BCUT2D eigenvalue weighted by molar-refractivity contribution is -0.137. The van der Waals surface area contributed by atoms with E-state index in [2.05, 4.69) is 0 Å². The number of sulfone groups is 1. The molecule has 1 atom stereocenters. The van der Waals surface area contributed by atoms with Crippen LogP contribution in [0.4, 0.5) is 0 Å². The Morgan fingerprint density at radius 3 is 2.50 bits per heavy atom. The Labute approximate surface area is 120 Å². The van der Waals surface area contributed by atoms with Crippen LogP contribution in [0.15, 0.2) is 29.2 Å². The molecular formula is C15H22O4S. The topological polar surface area (TPSA) is 71.4 Å². The maximum atomic E-state index is 12.1. The zero-order valence-electron chi connectivity index (χ0n) is 12.0. The van der Waals surface area contributed by atoms with Crippen molar-refractivity contribution in [3.63, 3.8) is 0 Å². The molecule has 0 radical (unpaired) electrons. The zero-order chi connectivity index (χ0) is 15.2. The van der Waals surface area contributed by atoms with Gasteiger partial charge in [0.15, 0.2) is 9.84 Å². The van der Waals surface area contributed by atoms with Crippen LogP contribution >= 0.6 is 0 Å². The number of carbonyl (C=O) groups is 1. The normalized spacial score (nSPS) is 13.1. The number of hydrogen-bond acceptors (Lipinski definition) is 3. The second-order valence-electron chi connectivity index (χ2n) is 4.97. The van der Waals surface area contributed by atoms with E-state index < -0.39 is 15.8 Å². The SMILES string of the molecule is CCCC(CC(=O)O)c1cccc(S(=O)(=O)CCC)c1. The van der Waals surface area contributed by atoms with E-state index >= 15 is 0 Å². The van der Waals surface area contributed by atoms with Gasteiger partial charge in [-0.05, 0) is 36.5 Å². The van der Waals surface area contributed by atoms with Gasteiger partial charge in [-0.2, -0.15) is 0 Å². The molecule has 0 heterocycles. The maximum Gasteiger partial charge on any atom is 0.303 e. The van der Waals surface area contributed by atoms with Crippen LogP contribution in [0.2, 0.25) is 0 Å². The first-order chi connectivity index (χ1) is 9.40. The first-order valence-electron chi connectivity index (χ1n) is 6.95. The van der Waals surface area contributed by atoms with Gasteiger partial charge in [0.1, 0.15) is 0 Å². The molecule has 0 bridgehead atoms. The summed E-state index contributed by atoms with van der Waals surface area (Å²) in [7, 11) is -3.26. The molecular weight excluding hydrogens is 276 g/mol. The predicted molar refractivity (Wildman–Crippen MR) is 78.7 cm³/mol. The van der Waals surface area contributed by atoms with Crippen LogP contribution < -0.4 is 0 Å². The molecule has 0 spiro atoms. The van der Waals surface area contributed by atoms with Gasteiger partial charge in [-0.15, -0.1) is 0 Å². The summed E-state index contributed by atoms with van der Waals surface area (Å²) in [4.78, 5) is 11.2. The minimum absolute atomic E-state index is 0.0329. The second kappa shape index (κ2) is 7.43. The van der Waals surface area contributed by atoms with E-state index in [9.17, 15) is 13.2 Å². The zero-order valence-corrected chi connectivity index (χ0v) is 12.8. The highest BCUT2D eigenvalue weighted by molar-refractivity contribution is 7.91. The first-order valence-corrected chi connectivity index (χ1v) is 8.60. The molecule has 0 aliphatic carbocycles. The Hall–Kier alpha value is -1.36. The summed E-state index contributed by atoms with van der Waals surface area (Å²) in [5.74, 6) is -0.868. The molecule has 0 saturated carbocycles. The summed E-state index contributed by atoms with van der Waals surface area (Å²) in [6, 6.07) is 6.73. The fourth-order valence-corrected chi connectivity index (χ4v) is 3.67. The van der Waals surface area contributed by atoms with E-state index in [1.54, 1.807) is 18.2 Å². The third kappa shape index (κ3) is 4.63. The lowest BCUT2D eigenvalue weighted by Crippen LogP contribution is -2.09. The number of carboxylic acid groups (broad SMARTS) is 1. The molecule has 1 rings (SSSR count). The van der Waals surface area contributed by atoms with Crippen molar-refractivity contribution < 1.29 is 18.3 Å². The molecule has 20 heavy (non-hydrogen) atoms. The quantitative estimate of drug-likeness (QED) is 0.800. The summed E-state index contributed by atoms with van der Waals surface area (Å²) < 4.78 is 24.1. The van der Waals surface area contributed by atoms with Crippen molar-refractivity contribution in [3.05, 3.63) is 29.8 Å². The van der Waals surface area contributed by atoms with Gasteiger partial charge in [0.25, 0.3) is 0 Å². The molecule has 0 fully saturated rings. The Kier molecular flexibility index (Phi) is 6.20. The Morgan fingerprint density at radius 2 is 1.95 bits per heavy atom. The number of carboxylic acids is 1. The van der Waals surface area contributed by atoms with Gasteiger partial charge in [-0.3, -0.25) is 4.79 Å². The monoisotopic (exact) mass is 298 g/mol. The van der Waals surface area contributed by atoms with Gasteiger partial charge in [0.05, 0.1) is 17.1 Å². The number of rotatable bonds is 8. The molecule has 1 aromatic carbocycles. The molecule has 1 unspecified atom stereocenters. The average Bonchev–Trinajstić information content (AvgIpc) is 2.38. The smallest absolute Gasteiger partial charge is 0.303 e. The van der Waals surface area contributed by atoms with Gasteiger partial charge in [-0.1, -0.05) is 32.4 Å². The molecule has 0 aliphatic rings. The molecule has 1 aromatic rings. The Morgan fingerprint density at radius 1 is 1.25 bits per heavy atom. The van der Waals surface area contributed by atoms with Crippen molar-refractivity contribution >= 4 is 15.8 Å². The highest BCUT2D eigenvalue weighted by atomic mass is 32.2. The van der Waals surface area contributed by atoms with E-state index in [1.807, 2.05) is 19.9 Å². The summed E-state index contributed by atoms with van der Waals surface area (Å²) in [5.41, 5.74) is 0.798. The fourth-order valence-electron chi connectivity index (χ4n) is 2.29. The minimum atomic E-state index is -3.26. The van der Waals surface area contributed by atoms with Crippen molar-refractivity contribution in [2.75, 3.05) is 5.75 Å². The predicted octanol–water partition coefficient (Wildman–Crippen LogP) is 3.23. The molecule has 0 aromatic heterocycles. The first kappa shape index (κ1) is 16.7. The van der Waals surface area contributed by atoms with Crippen LogP contribution in [-0.4, -0.2) is 25.2 Å². The molecule has 4 nitrogen and oxygen atoms in total. The van der Waals surface area contributed by atoms with E-state index in [0.717, 1.165) is 18.4 Å². The van der Waals surface area contributed by atoms with Crippen molar-refractivity contribution in [1.29, 1.82) is 0 Å². The van der Waals surface area contributed by atoms with E-state index in [0.29, 0.717) is 11.3 Å². The van der Waals surface area contributed by atoms with Crippen LogP contribution in [0.3, 0.4) is 0 Å². The van der Waals surface area contributed by atoms with Gasteiger partial charge in [-0.25, -0.2) is 8.42 Å². The van der Waals surface area contributed by atoms with Crippen LogP contribution in [0, 0.1) is 0 Å². The fraction of sp³-hybridized carbons (Fsp3) is 0.533. The average molecular weight is 298 g/mol. The largest absolute Gasteiger partial charge is 0.481 e. The summed E-state index contributed by atoms with van der Waals surface area (Å²) in [6.07, 6.45) is 2.21. The van der Waals surface area contributed by atoms with Crippen LogP contribution in [-0.2, 0) is 14.6 Å². The van der Waals surface area contributed by atoms with Crippen molar-refractivity contribution in [3.8, 4) is 0 Å². The second-order valence-corrected chi connectivity index (χ2v) is 7.08. The van der Waals surface area contributed by atoms with Gasteiger partial charge >= 0.3 is 5.97 Å². The highest BCUT2D eigenvalue weighted by Crippen LogP contribution is 2.27.